The molecule has 1 atom stereocenters. The van der Waals surface area contributed by atoms with Crippen molar-refractivity contribution in [2.24, 2.45) is 10.9 Å². The van der Waals surface area contributed by atoms with Gasteiger partial charge in [0.2, 0.25) is 0 Å². The molecule has 1 fully saturated rings. The van der Waals surface area contributed by atoms with Gasteiger partial charge < -0.3 is 20.1 Å². The van der Waals surface area contributed by atoms with Crippen LogP contribution in [0.4, 0.5) is 0 Å². The van der Waals surface area contributed by atoms with E-state index in [4.69, 9.17) is 9.73 Å². The standard InChI is InChI=1S/C22H29N3O2S/c1-3-23-22(24-14-17-9-10-21(27-2)20(26)13-17)25-12-11-18(15-25)16-28-19-7-5-4-6-8-19/h4-10,13,18,26H,3,11-12,14-16H2,1-2H3,(H,23,24). The van der Waals surface area contributed by atoms with Crippen molar-refractivity contribution in [3.05, 3.63) is 54.1 Å². The van der Waals surface area contributed by atoms with E-state index in [0.29, 0.717) is 18.2 Å². The molecule has 1 aliphatic rings. The molecule has 1 saturated heterocycles. The summed E-state index contributed by atoms with van der Waals surface area (Å²) in [4.78, 5) is 8.47. The summed E-state index contributed by atoms with van der Waals surface area (Å²) in [6, 6.07) is 16.0. The Labute approximate surface area is 171 Å². The number of benzene rings is 2. The lowest BCUT2D eigenvalue weighted by atomic mass is 10.2. The van der Waals surface area contributed by atoms with Gasteiger partial charge in [-0.3, -0.25) is 0 Å². The Balaban J connectivity index is 1.57. The number of hydrogen-bond donors (Lipinski definition) is 2. The fourth-order valence-corrected chi connectivity index (χ4v) is 4.37. The number of nitrogens with one attached hydrogen (secondary N) is 1. The van der Waals surface area contributed by atoms with Crippen LogP contribution in [0, 0.1) is 5.92 Å². The molecule has 2 aromatic rings. The summed E-state index contributed by atoms with van der Waals surface area (Å²) in [7, 11) is 1.55. The van der Waals surface area contributed by atoms with Crippen molar-refractivity contribution in [3.8, 4) is 11.5 Å². The van der Waals surface area contributed by atoms with E-state index < -0.39 is 0 Å². The molecule has 0 aromatic heterocycles. The van der Waals surface area contributed by atoms with Crippen molar-refractivity contribution in [1.29, 1.82) is 0 Å². The number of phenolic OH excluding ortho intramolecular Hbond substituents is 1. The summed E-state index contributed by atoms with van der Waals surface area (Å²) >= 11 is 1.93. The van der Waals surface area contributed by atoms with Crippen LogP contribution < -0.4 is 10.1 Å². The monoisotopic (exact) mass is 399 g/mol. The molecule has 1 unspecified atom stereocenters. The molecule has 0 spiro atoms. The summed E-state index contributed by atoms with van der Waals surface area (Å²) in [6.45, 7) is 5.51. The number of methoxy groups -OCH3 is 1. The number of hydrogen-bond acceptors (Lipinski definition) is 4. The van der Waals surface area contributed by atoms with E-state index in [2.05, 4.69) is 47.5 Å². The van der Waals surface area contributed by atoms with Crippen molar-refractivity contribution in [1.82, 2.24) is 10.2 Å². The number of ether oxygens (including phenoxy) is 1. The highest BCUT2D eigenvalue weighted by atomic mass is 32.2. The number of phenols is 1. The van der Waals surface area contributed by atoms with E-state index in [1.807, 2.05) is 17.8 Å². The quantitative estimate of drug-likeness (QED) is 0.419. The molecule has 1 aliphatic heterocycles. The zero-order valence-electron chi connectivity index (χ0n) is 16.6. The average molecular weight is 400 g/mol. The number of nitrogens with zero attached hydrogens (tertiary/aromatic N) is 2. The van der Waals surface area contributed by atoms with E-state index in [1.165, 1.54) is 11.3 Å². The van der Waals surface area contributed by atoms with E-state index in [9.17, 15) is 5.11 Å². The number of aliphatic imine (C=N–C) groups is 1. The summed E-state index contributed by atoms with van der Waals surface area (Å²) in [5.41, 5.74) is 0.962. The van der Waals surface area contributed by atoms with Crippen molar-refractivity contribution in [2.75, 3.05) is 32.5 Å². The summed E-state index contributed by atoms with van der Waals surface area (Å²) in [5.74, 6) is 3.38. The minimum atomic E-state index is 0.152. The van der Waals surface area contributed by atoms with Gasteiger partial charge in [0.25, 0.3) is 0 Å². The highest BCUT2D eigenvalue weighted by Crippen LogP contribution is 2.27. The van der Waals surface area contributed by atoms with E-state index >= 15 is 0 Å². The number of guanidine groups is 1. The van der Waals surface area contributed by atoms with E-state index in [0.717, 1.165) is 36.9 Å². The largest absolute Gasteiger partial charge is 0.504 e. The van der Waals surface area contributed by atoms with Gasteiger partial charge in [-0.05, 0) is 49.1 Å². The van der Waals surface area contributed by atoms with Gasteiger partial charge >= 0.3 is 0 Å². The van der Waals surface area contributed by atoms with Crippen LogP contribution >= 0.6 is 11.8 Å². The predicted octanol–water partition coefficient (Wildman–Crippen LogP) is 3.98. The van der Waals surface area contributed by atoms with Crippen LogP contribution in [-0.2, 0) is 6.54 Å². The Morgan fingerprint density at radius 3 is 2.82 bits per heavy atom. The highest BCUT2D eigenvalue weighted by Gasteiger charge is 2.24. The predicted molar refractivity (Wildman–Crippen MR) is 116 cm³/mol. The summed E-state index contributed by atoms with van der Waals surface area (Å²) in [6.07, 6.45) is 1.19. The van der Waals surface area contributed by atoms with Gasteiger partial charge in [0.15, 0.2) is 17.5 Å². The Kier molecular flexibility index (Phi) is 7.48. The van der Waals surface area contributed by atoms with Crippen LogP contribution in [0.2, 0.25) is 0 Å². The van der Waals surface area contributed by atoms with Crippen molar-refractivity contribution >= 4 is 17.7 Å². The maximum Gasteiger partial charge on any atom is 0.194 e. The molecule has 28 heavy (non-hydrogen) atoms. The molecule has 5 nitrogen and oxygen atoms in total. The average Bonchev–Trinajstić information content (AvgIpc) is 3.19. The van der Waals surface area contributed by atoms with Crippen LogP contribution in [-0.4, -0.2) is 48.5 Å². The van der Waals surface area contributed by atoms with Crippen LogP contribution in [0.1, 0.15) is 18.9 Å². The number of aromatic hydroxyl groups is 1. The molecule has 0 bridgehead atoms. The molecule has 1 heterocycles. The lowest BCUT2D eigenvalue weighted by Crippen LogP contribution is -2.40. The van der Waals surface area contributed by atoms with Gasteiger partial charge in [-0.25, -0.2) is 4.99 Å². The zero-order chi connectivity index (χ0) is 19.8. The lowest BCUT2D eigenvalue weighted by molar-refractivity contribution is 0.373. The van der Waals surface area contributed by atoms with E-state index in [1.54, 1.807) is 19.2 Å². The first kappa shape index (κ1) is 20.4. The third kappa shape index (κ3) is 5.58. The Morgan fingerprint density at radius 1 is 1.29 bits per heavy atom. The lowest BCUT2D eigenvalue weighted by Gasteiger charge is -2.21. The maximum atomic E-state index is 9.96. The third-order valence-corrected chi connectivity index (χ3v) is 6.05. The summed E-state index contributed by atoms with van der Waals surface area (Å²) in [5, 5.41) is 13.4. The molecule has 3 rings (SSSR count). The highest BCUT2D eigenvalue weighted by molar-refractivity contribution is 7.99. The maximum absolute atomic E-state index is 9.96. The second-order valence-corrected chi connectivity index (χ2v) is 7.99. The molecule has 150 valence electrons. The summed E-state index contributed by atoms with van der Waals surface area (Å²) < 4.78 is 5.10. The molecule has 0 amide bonds. The Morgan fingerprint density at radius 2 is 2.11 bits per heavy atom. The first-order chi connectivity index (χ1) is 13.7. The Hall–Kier alpha value is -2.34. The molecule has 2 aromatic carbocycles. The van der Waals surface area contributed by atoms with Crippen molar-refractivity contribution in [2.45, 2.75) is 24.8 Å². The molecule has 2 N–H and O–H groups in total. The van der Waals surface area contributed by atoms with Gasteiger partial charge in [-0.15, -0.1) is 11.8 Å². The Bertz CT molecular complexity index is 783. The van der Waals surface area contributed by atoms with Gasteiger partial charge in [-0.2, -0.15) is 0 Å². The van der Waals surface area contributed by atoms with Gasteiger partial charge in [0.05, 0.1) is 13.7 Å². The minimum Gasteiger partial charge on any atom is -0.504 e. The molecular formula is C22H29N3O2S. The normalized spacial score (nSPS) is 17.0. The van der Waals surface area contributed by atoms with Crippen LogP contribution in [0.5, 0.6) is 11.5 Å². The minimum absolute atomic E-state index is 0.152. The van der Waals surface area contributed by atoms with Gasteiger partial charge in [0.1, 0.15) is 0 Å². The van der Waals surface area contributed by atoms with Gasteiger partial charge in [0, 0.05) is 30.3 Å². The second-order valence-electron chi connectivity index (χ2n) is 6.90. The zero-order valence-corrected chi connectivity index (χ0v) is 17.4. The molecule has 0 radical (unpaired) electrons. The van der Waals surface area contributed by atoms with Crippen molar-refractivity contribution < 1.29 is 9.84 Å². The fourth-order valence-electron chi connectivity index (χ4n) is 3.32. The number of thioether (sulfide) groups is 1. The molecule has 0 aliphatic carbocycles. The molecule has 0 saturated carbocycles. The number of likely N-dealkylation sites (tertiary alicyclic amines) is 1. The molecule has 6 heteroatoms. The van der Waals surface area contributed by atoms with Crippen LogP contribution in [0.3, 0.4) is 0 Å². The topological polar surface area (TPSA) is 57.1 Å². The van der Waals surface area contributed by atoms with E-state index in [-0.39, 0.29) is 5.75 Å². The smallest absolute Gasteiger partial charge is 0.194 e. The first-order valence-electron chi connectivity index (χ1n) is 9.76. The first-order valence-corrected chi connectivity index (χ1v) is 10.7. The third-order valence-electron chi connectivity index (χ3n) is 4.80. The van der Waals surface area contributed by atoms with Crippen LogP contribution in [0.25, 0.3) is 0 Å². The number of rotatable bonds is 7. The van der Waals surface area contributed by atoms with Gasteiger partial charge in [-0.1, -0.05) is 24.3 Å². The second kappa shape index (κ2) is 10.3. The van der Waals surface area contributed by atoms with Crippen molar-refractivity contribution in [3.63, 3.8) is 0 Å². The SMILES string of the molecule is CCNC(=NCc1ccc(OC)c(O)c1)N1CCC(CSc2ccccc2)C1. The van der Waals surface area contributed by atoms with Crippen LogP contribution in [0.15, 0.2) is 58.4 Å². The molecular weight excluding hydrogens is 370 g/mol. The fraction of sp³-hybridized carbons (Fsp3) is 0.409.